The Kier molecular flexibility index (Phi) is 7.08. The molecule has 1 aromatic heterocycles. The molecule has 0 radical (unpaired) electrons. The number of aliphatic hydroxyl groups is 2. The summed E-state index contributed by atoms with van der Waals surface area (Å²) >= 11 is 5.50. The Bertz CT molecular complexity index is 774. The van der Waals surface area contributed by atoms with E-state index in [1.807, 2.05) is 6.07 Å². The predicted octanol–water partition coefficient (Wildman–Crippen LogP) is 1.45. The van der Waals surface area contributed by atoms with Crippen molar-refractivity contribution in [3.8, 4) is 11.8 Å². The lowest BCUT2D eigenvalue weighted by atomic mass is 10.1. The van der Waals surface area contributed by atoms with Gasteiger partial charge in [-0.15, -0.1) is 0 Å². The summed E-state index contributed by atoms with van der Waals surface area (Å²) < 4.78 is 13.8. The second kappa shape index (κ2) is 9.07. The summed E-state index contributed by atoms with van der Waals surface area (Å²) in [5.41, 5.74) is -0.903. The van der Waals surface area contributed by atoms with Crippen LogP contribution in [-0.2, 0) is 11.0 Å². The number of phenolic OH excluding ortho intramolecular Hbond substituents is 1. The topological polar surface area (TPSA) is 118 Å². The Hall–Kier alpha value is -2.02. The normalized spacial score (nSPS) is 20.7. The molecule has 2 aromatic rings. The molecule has 9 heteroatoms. The Balaban J connectivity index is 0.000000254. The molecule has 7 nitrogen and oxygen atoms in total. The Morgan fingerprint density at radius 1 is 1.31 bits per heavy atom. The highest BCUT2D eigenvalue weighted by Crippen LogP contribution is 2.24. The fraction of sp³-hybridized carbons (Fsp3) is 0.294. The van der Waals surface area contributed by atoms with Crippen LogP contribution in [-0.4, -0.2) is 54.1 Å². The first-order valence-electron chi connectivity index (χ1n) is 7.68. The number of β-amino-alcohol motifs (C(OH)–C–C–N with tert-alkyl or cyclic N) is 1. The van der Waals surface area contributed by atoms with Gasteiger partial charge in [-0.3, -0.25) is 0 Å². The molecule has 1 aliphatic heterocycles. The number of hydrogen-bond donors (Lipinski definition) is 3. The number of aromatic hydroxyl groups is 1. The van der Waals surface area contributed by atoms with Crippen LogP contribution in [0.15, 0.2) is 47.5 Å². The fourth-order valence-corrected chi connectivity index (χ4v) is 3.60. The Morgan fingerprint density at radius 2 is 2.00 bits per heavy atom. The van der Waals surface area contributed by atoms with Crippen molar-refractivity contribution in [3.05, 3.63) is 53.3 Å². The first kappa shape index (κ1) is 20.3. The predicted molar refractivity (Wildman–Crippen MR) is 96.7 cm³/mol. The Morgan fingerprint density at radius 3 is 2.46 bits per heavy atom. The zero-order chi connectivity index (χ0) is 19.2. The molecule has 1 aromatic carbocycles. The van der Waals surface area contributed by atoms with E-state index in [1.165, 1.54) is 12.3 Å². The summed E-state index contributed by atoms with van der Waals surface area (Å²) in [5, 5.41) is 36.9. The quantitative estimate of drug-likeness (QED) is 0.724. The van der Waals surface area contributed by atoms with Crippen LogP contribution in [0.2, 0.25) is 5.02 Å². The maximum absolute atomic E-state index is 12.2. The molecule has 1 aliphatic rings. The lowest BCUT2D eigenvalue weighted by Crippen LogP contribution is -2.37. The van der Waals surface area contributed by atoms with Crippen LogP contribution in [0.1, 0.15) is 12.1 Å². The van der Waals surface area contributed by atoms with E-state index in [4.69, 9.17) is 27.1 Å². The maximum Gasteiger partial charge on any atom is 0.140 e. The molecule has 0 saturated carbocycles. The molecular formula is C17H18ClN3O4S. The molecule has 0 amide bonds. The van der Waals surface area contributed by atoms with Crippen LogP contribution in [0, 0.1) is 11.3 Å². The molecule has 0 spiro atoms. The number of nitrogens with zero attached hydrogens (tertiary/aromatic N) is 3. The summed E-state index contributed by atoms with van der Waals surface area (Å²) in [6.07, 6.45) is 1.78. The van der Waals surface area contributed by atoms with Gasteiger partial charge >= 0.3 is 0 Å². The van der Waals surface area contributed by atoms with Crippen molar-refractivity contribution in [3.63, 3.8) is 0 Å². The average Bonchev–Trinajstić information content (AvgIpc) is 3.07. The third-order valence-electron chi connectivity index (χ3n) is 3.71. The van der Waals surface area contributed by atoms with Crippen LogP contribution >= 0.6 is 11.6 Å². The molecule has 2 unspecified atom stereocenters. The standard InChI is InChI=1S/C11H13N3O3S.C6H5ClO/c12-5-9-1-2-10(6-13-9)18(17)14-4-3-11(16,7-14)8-15;7-5-1-3-6(8)4-2-5/h1-2,6,15-16H,3-4,7-8H2;1-4,8H. The van der Waals surface area contributed by atoms with Gasteiger partial charge in [-0.2, -0.15) is 5.26 Å². The number of pyridine rings is 1. The number of aliphatic hydroxyl groups excluding tert-OH is 1. The first-order valence-corrected chi connectivity index (χ1v) is 9.16. The van der Waals surface area contributed by atoms with Crippen molar-refractivity contribution in [2.24, 2.45) is 0 Å². The van der Waals surface area contributed by atoms with Crippen LogP contribution < -0.4 is 0 Å². The van der Waals surface area contributed by atoms with Gasteiger partial charge < -0.3 is 15.3 Å². The fourth-order valence-electron chi connectivity index (χ4n) is 2.23. The van der Waals surface area contributed by atoms with Crippen molar-refractivity contribution in [2.75, 3.05) is 19.7 Å². The molecule has 2 heterocycles. The highest BCUT2D eigenvalue weighted by atomic mass is 35.5. The molecule has 3 N–H and O–H groups in total. The molecule has 26 heavy (non-hydrogen) atoms. The summed E-state index contributed by atoms with van der Waals surface area (Å²) in [5.74, 6) is 0.245. The first-order chi connectivity index (χ1) is 12.4. The van der Waals surface area contributed by atoms with Crippen molar-refractivity contribution in [1.29, 1.82) is 5.26 Å². The van der Waals surface area contributed by atoms with E-state index in [2.05, 4.69) is 4.98 Å². The van der Waals surface area contributed by atoms with E-state index < -0.39 is 16.6 Å². The van der Waals surface area contributed by atoms with Gasteiger partial charge in [-0.05, 0) is 42.8 Å². The number of phenols is 1. The van der Waals surface area contributed by atoms with Gasteiger partial charge in [0.2, 0.25) is 0 Å². The largest absolute Gasteiger partial charge is 0.508 e. The van der Waals surface area contributed by atoms with E-state index in [0.717, 1.165) is 0 Å². The van der Waals surface area contributed by atoms with E-state index >= 15 is 0 Å². The Labute approximate surface area is 158 Å². The summed E-state index contributed by atoms with van der Waals surface area (Å²) in [4.78, 5) is 4.34. The van der Waals surface area contributed by atoms with E-state index in [1.54, 1.807) is 34.6 Å². The van der Waals surface area contributed by atoms with Gasteiger partial charge in [-0.25, -0.2) is 13.5 Å². The minimum Gasteiger partial charge on any atom is -0.508 e. The summed E-state index contributed by atoms with van der Waals surface area (Å²) in [6, 6.07) is 11.3. The van der Waals surface area contributed by atoms with Crippen molar-refractivity contribution in [2.45, 2.75) is 16.9 Å². The zero-order valence-corrected chi connectivity index (χ0v) is 15.3. The molecular weight excluding hydrogens is 378 g/mol. The van der Waals surface area contributed by atoms with E-state index in [0.29, 0.717) is 22.9 Å². The van der Waals surface area contributed by atoms with Crippen LogP contribution in [0.5, 0.6) is 5.75 Å². The second-order valence-electron chi connectivity index (χ2n) is 5.71. The van der Waals surface area contributed by atoms with Crippen molar-refractivity contribution >= 4 is 22.6 Å². The molecule has 2 atom stereocenters. The van der Waals surface area contributed by atoms with Gasteiger partial charge in [0.25, 0.3) is 0 Å². The number of aromatic nitrogens is 1. The molecule has 3 rings (SSSR count). The minimum absolute atomic E-state index is 0.163. The molecule has 0 bridgehead atoms. The van der Waals surface area contributed by atoms with Crippen molar-refractivity contribution in [1.82, 2.24) is 9.29 Å². The van der Waals surface area contributed by atoms with Gasteiger partial charge in [0.05, 0.1) is 11.5 Å². The minimum atomic E-state index is -1.43. The number of hydrogen-bond acceptors (Lipinski definition) is 6. The highest BCUT2D eigenvalue weighted by Gasteiger charge is 2.38. The number of nitriles is 1. The van der Waals surface area contributed by atoms with Gasteiger partial charge in [0.15, 0.2) is 0 Å². The smallest absolute Gasteiger partial charge is 0.140 e. The molecule has 1 fully saturated rings. The zero-order valence-electron chi connectivity index (χ0n) is 13.7. The number of rotatable bonds is 3. The van der Waals surface area contributed by atoms with Gasteiger partial charge in [0, 0.05) is 24.3 Å². The average molecular weight is 396 g/mol. The van der Waals surface area contributed by atoms with E-state index in [9.17, 15) is 9.32 Å². The van der Waals surface area contributed by atoms with Crippen LogP contribution in [0.3, 0.4) is 0 Å². The van der Waals surface area contributed by atoms with Crippen LogP contribution in [0.4, 0.5) is 0 Å². The highest BCUT2D eigenvalue weighted by molar-refractivity contribution is 7.82. The number of halogens is 1. The third-order valence-corrected chi connectivity index (χ3v) is 5.38. The van der Waals surface area contributed by atoms with Gasteiger partial charge in [0.1, 0.15) is 34.1 Å². The molecule has 0 aliphatic carbocycles. The maximum atomic E-state index is 12.2. The van der Waals surface area contributed by atoms with E-state index in [-0.39, 0.29) is 24.6 Å². The summed E-state index contributed by atoms with van der Waals surface area (Å²) in [6.45, 7) is 0.270. The molecule has 1 saturated heterocycles. The summed E-state index contributed by atoms with van der Waals surface area (Å²) in [7, 11) is -1.43. The SMILES string of the molecule is N#Cc1ccc(S(=O)N2CCC(O)(CO)C2)cn1.Oc1ccc(Cl)cc1. The van der Waals surface area contributed by atoms with Gasteiger partial charge in [-0.1, -0.05) is 11.6 Å². The third kappa shape index (κ3) is 5.49. The lowest BCUT2D eigenvalue weighted by Gasteiger charge is -2.19. The number of benzene rings is 1. The monoisotopic (exact) mass is 395 g/mol. The van der Waals surface area contributed by atoms with Crippen molar-refractivity contribution < 1.29 is 19.5 Å². The lowest BCUT2D eigenvalue weighted by molar-refractivity contribution is -0.000503. The molecule has 138 valence electrons. The van der Waals surface area contributed by atoms with Crippen LogP contribution in [0.25, 0.3) is 0 Å². The second-order valence-corrected chi connectivity index (χ2v) is 7.64.